The van der Waals surface area contributed by atoms with Crippen molar-refractivity contribution in [3.05, 3.63) is 46.9 Å². The largest absolute Gasteiger partial charge is 0.464 e. The van der Waals surface area contributed by atoms with Gasteiger partial charge in [0.25, 0.3) is 0 Å². The van der Waals surface area contributed by atoms with Gasteiger partial charge in [-0.05, 0) is 30.3 Å². The first kappa shape index (κ1) is 14.9. The van der Waals surface area contributed by atoms with E-state index in [1.165, 1.54) is 18.4 Å². The molecule has 108 valence electrons. The van der Waals surface area contributed by atoms with E-state index in [0.29, 0.717) is 17.3 Å². The maximum Gasteiger partial charge on any atom is 0.175 e. The zero-order valence-electron chi connectivity index (χ0n) is 11.3. The smallest absolute Gasteiger partial charge is 0.175 e. The maximum absolute atomic E-state index is 11.5. The number of anilines is 1. The number of halogens is 1. The minimum Gasteiger partial charge on any atom is -0.464 e. The van der Waals surface area contributed by atoms with E-state index >= 15 is 0 Å². The lowest BCUT2D eigenvalue weighted by molar-refractivity contribution is 0.476. The van der Waals surface area contributed by atoms with E-state index in [-0.39, 0.29) is 4.90 Å². The third-order valence-electron chi connectivity index (χ3n) is 2.88. The van der Waals surface area contributed by atoms with Gasteiger partial charge in [0.2, 0.25) is 0 Å². The fraction of sp³-hybridized carbons (Fsp3) is 0.286. The summed E-state index contributed by atoms with van der Waals surface area (Å²) in [4.78, 5) is 0.234. The van der Waals surface area contributed by atoms with Gasteiger partial charge in [0.1, 0.15) is 11.5 Å². The molecular weight excluding hydrogens is 298 g/mol. The van der Waals surface area contributed by atoms with E-state index < -0.39 is 9.84 Å². The summed E-state index contributed by atoms with van der Waals surface area (Å²) < 4.78 is 28.6. The SMILES string of the molecule is CCc1ccc(CNc2cc(S(C)(=O)=O)ccc2Cl)o1. The van der Waals surface area contributed by atoms with Gasteiger partial charge in [-0.2, -0.15) is 0 Å². The zero-order valence-corrected chi connectivity index (χ0v) is 12.9. The molecule has 1 aromatic carbocycles. The monoisotopic (exact) mass is 313 g/mol. The van der Waals surface area contributed by atoms with Crippen molar-refractivity contribution in [3.63, 3.8) is 0 Å². The second-order valence-corrected chi connectivity index (χ2v) is 6.91. The highest BCUT2D eigenvalue weighted by Gasteiger charge is 2.10. The number of benzene rings is 1. The van der Waals surface area contributed by atoms with E-state index in [1.54, 1.807) is 6.07 Å². The molecule has 0 bridgehead atoms. The Morgan fingerprint density at radius 2 is 1.90 bits per heavy atom. The summed E-state index contributed by atoms with van der Waals surface area (Å²) in [7, 11) is -3.25. The molecule has 0 atom stereocenters. The summed E-state index contributed by atoms with van der Waals surface area (Å²) in [5.41, 5.74) is 0.573. The van der Waals surface area contributed by atoms with Gasteiger partial charge < -0.3 is 9.73 Å². The predicted molar refractivity (Wildman–Crippen MR) is 80.0 cm³/mol. The molecule has 2 rings (SSSR count). The average Bonchev–Trinajstić information content (AvgIpc) is 2.84. The molecule has 1 N–H and O–H groups in total. The Balaban J connectivity index is 2.16. The van der Waals surface area contributed by atoms with Crippen LogP contribution in [0.1, 0.15) is 18.4 Å². The Bertz CT molecular complexity index is 707. The Morgan fingerprint density at radius 1 is 1.20 bits per heavy atom. The molecule has 0 radical (unpaired) electrons. The van der Waals surface area contributed by atoms with Gasteiger partial charge in [-0.3, -0.25) is 0 Å². The van der Waals surface area contributed by atoms with Crippen LogP contribution in [-0.4, -0.2) is 14.7 Å². The number of furan rings is 1. The van der Waals surface area contributed by atoms with Crippen LogP contribution in [-0.2, 0) is 22.8 Å². The van der Waals surface area contributed by atoms with Gasteiger partial charge in [0.05, 0.1) is 22.2 Å². The van der Waals surface area contributed by atoms with Crippen LogP contribution in [0.2, 0.25) is 5.02 Å². The first-order valence-corrected chi connectivity index (χ1v) is 8.48. The topological polar surface area (TPSA) is 59.3 Å². The second kappa shape index (κ2) is 5.89. The summed E-state index contributed by atoms with van der Waals surface area (Å²) in [6.45, 7) is 2.47. The first-order chi connectivity index (χ1) is 9.40. The molecule has 0 aliphatic rings. The van der Waals surface area contributed by atoms with E-state index in [2.05, 4.69) is 5.32 Å². The molecule has 0 aliphatic heterocycles. The van der Waals surface area contributed by atoms with E-state index in [1.807, 2.05) is 19.1 Å². The standard InChI is InChI=1S/C14H16ClNO3S/c1-3-10-4-5-11(19-10)9-16-14-8-12(20(2,17)18)6-7-13(14)15/h4-8,16H,3,9H2,1-2H3. The molecule has 1 heterocycles. The van der Waals surface area contributed by atoms with Crippen molar-refractivity contribution in [2.24, 2.45) is 0 Å². The van der Waals surface area contributed by atoms with Crippen LogP contribution in [0.4, 0.5) is 5.69 Å². The Hall–Kier alpha value is -1.46. The Labute approximate surface area is 123 Å². The molecule has 0 aliphatic carbocycles. The fourth-order valence-electron chi connectivity index (χ4n) is 1.76. The van der Waals surface area contributed by atoms with Crippen LogP contribution in [0, 0.1) is 0 Å². The molecule has 0 amide bonds. The number of hydrogen-bond donors (Lipinski definition) is 1. The molecule has 0 saturated carbocycles. The van der Waals surface area contributed by atoms with Crippen molar-refractivity contribution in [1.29, 1.82) is 0 Å². The molecule has 2 aromatic rings. The van der Waals surface area contributed by atoms with Gasteiger partial charge in [0, 0.05) is 12.7 Å². The maximum atomic E-state index is 11.5. The van der Waals surface area contributed by atoms with Crippen LogP contribution in [0.25, 0.3) is 0 Å². The molecule has 0 spiro atoms. The number of aryl methyl sites for hydroxylation is 1. The molecule has 0 unspecified atom stereocenters. The molecule has 1 aromatic heterocycles. The van der Waals surface area contributed by atoms with E-state index in [4.69, 9.17) is 16.0 Å². The van der Waals surface area contributed by atoms with Crippen molar-refractivity contribution in [2.45, 2.75) is 24.8 Å². The normalized spacial score (nSPS) is 11.6. The third kappa shape index (κ3) is 3.55. The minimum absolute atomic E-state index is 0.234. The summed E-state index contributed by atoms with van der Waals surface area (Å²) in [6.07, 6.45) is 2.00. The molecular formula is C14H16ClNO3S. The lowest BCUT2D eigenvalue weighted by atomic mass is 10.3. The highest BCUT2D eigenvalue weighted by Crippen LogP contribution is 2.26. The molecule has 0 fully saturated rings. The van der Waals surface area contributed by atoms with Crippen LogP contribution in [0.15, 0.2) is 39.6 Å². The minimum atomic E-state index is -3.25. The van der Waals surface area contributed by atoms with E-state index in [9.17, 15) is 8.42 Å². The van der Waals surface area contributed by atoms with Gasteiger partial charge in [-0.1, -0.05) is 18.5 Å². The number of rotatable bonds is 5. The molecule has 4 nitrogen and oxygen atoms in total. The third-order valence-corrected chi connectivity index (χ3v) is 4.32. The highest BCUT2D eigenvalue weighted by atomic mass is 35.5. The number of nitrogens with one attached hydrogen (secondary N) is 1. The molecule has 6 heteroatoms. The average molecular weight is 314 g/mol. The predicted octanol–water partition coefficient (Wildman–Crippen LogP) is 3.51. The summed E-state index contributed by atoms with van der Waals surface area (Å²) in [5, 5.41) is 3.56. The summed E-state index contributed by atoms with van der Waals surface area (Å²) >= 11 is 6.06. The van der Waals surface area contributed by atoms with E-state index in [0.717, 1.165) is 17.9 Å². The summed E-state index contributed by atoms with van der Waals surface area (Å²) in [5.74, 6) is 1.69. The van der Waals surface area contributed by atoms with Crippen molar-refractivity contribution in [3.8, 4) is 0 Å². The Kier molecular flexibility index (Phi) is 4.40. The number of hydrogen-bond acceptors (Lipinski definition) is 4. The van der Waals surface area contributed by atoms with Gasteiger partial charge in [0.15, 0.2) is 9.84 Å². The van der Waals surface area contributed by atoms with Crippen molar-refractivity contribution in [1.82, 2.24) is 0 Å². The summed E-state index contributed by atoms with van der Waals surface area (Å²) in [6, 6.07) is 8.40. The van der Waals surface area contributed by atoms with Crippen LogP contribution >= 0.6 is 11.6 Å². The zero-order chi connectivity index (χ0) is 14.8. The quantitative estimate of drug-likeness (QED) is 0.917. The van der Waals surface area contributed by atoms with Crippen LogP contribution in [0.5, 0.6) is 0 Å². The van der Waals surface area contributed by atoms with Crippen molar-refractivity contribution in [2.75, 3.05) is 11.6 Å². The van der Waals surface area contributed by atoms with Crippen molar-refractivity contribution < 1.29 is 12.8 Å². The molecule has 20 heavy (non-hydrogen) atoms. The fourth-order valence-corrected chi connectivity index (χ4v) is 2.59. The second-order valence-electron chi connectivity index (χ2n) is 4.49. The van der Waals surface area contributed by atoms with Crippen LogP contribution < -0.4 is 5.32 Å². The lowest BCUT2D eigenvalue weighted by Gasteiger charge is -2.08. The van der Waals surface area contributed by atoms with Gasteiger partial charge in [-0.15, -0.1) is 0 Å². The highest BCUT2D eigenvalue weighted by molar-refractivity contribution is 7.90. The van der Waals surface area contributed by atoms with Crippen LogP contribution in [0.3, 0.4) is 0 Å². The first-order valence-electron chi connectivity index (χ1n) is 6.21. The number of sulfone groups is 1. The van der Waals surface area contributed by atoms with Gasteiger partial charge in [-0.25, -0.2) is 8.42 Å². The van der Waals surface area contributed by atoms with Gasteiger partial charge >= 0.3 is 0 Å². The Morgan fingerprint density at radius 3 is 2.50 bits per heavy atom. The molecule has 0 saturated heterocycles. The lowest BCUT2D eigenvalue weighted by Crippen LogP contribution is -2.02. The van der Waals surface area contributed by atoms with Crippen molar-refractivity contribution >= 4 is 27.1 Å².